The van der Waals surface area contributed by atoms with E-state index in [2.05, 4.69) is 11.9 Å². The molecule has 98 valence electrons. The van der Waals surface area contributed by atoms with Gasteiger partial charge in [-0.3, -0.25) is 9.59 Å². The number of amides is 1. The second-order valence-corrected chi connectivity index (χ2v) is 4.81. The van der Waals surface area contributed by atoms with Crippen molar-refractivity contribution in [3.63, 3.8) is 0 Å². The summed E-state index contributed by atoms with van der Waals surface area (Å²) in [4.78, 5) is 22.3. The molecular formula is C13H17NO3S. The molecule has 0 aliphatic carbocycles. The fourth-order valence-corrected chi connectivity index (χ4v) is 2.29. The summed E-state index contributed by atoms with van der Waals surface area (Å²) < 4.78 is 0. The Morgan fingerprint density at radius 1 is 1.56 bits per heavy atom. The minimum absolute atomic E-state index is 0.0598. The van der Waals surface area contributed by atoms with E-state index in [0.29, 0.717) is 19.3 Å². The number of hydrogen-bond donors (Lipinski definition) is 2. The number of hydrogen-bond acceptors (Lipinski definition) is 3. The lowest BCUT2D eigenvalue weighted by molar-refractivity contribution is -0.137. The first-order valence-electron chi connectivity index (χ1n) is 5.75. The van der Waals surface area contributed by atoms with Gasteiger partial charge < -0.3 is 10.4 Å². The van der Waals surface area contributed by atoms with Gasteiger partial charge in [0.15, 0.2) is 0 Å². The zero-order valence-corrected chi connectivity index (χ0v) is 10.9. The van der Waals surface area contributed by atoms with E-state index in [4.69, 9.17) is 5.11 Å². The van der Waals surface area contributed by atoms with Crippen LogP contribution in [0.25, 0.3) is 0 Å². The lowest BCUT2D eigenvalue weighted by atomic mass is 10.1. The van der Waals surface area contributed by atoms with E-state index < -0.39 is 5.97 Å². The maximum atomic E-state index is 11.6. The summed E-state index contributed by atoms with van der Waals surface area (Å²) >= 11 is 1.56. The number of rotatable bonds is 8. The quantitative estimate of drug-likeness (QED) is 0.710. The van der Waals surface area contributed by atoms with Crippen LogP contribution in [0.1, 0.15) is 24.8 Å². The van der Waals surface area contributed by atoms with Gasteiger partial charge in [-0.25, -0.2) is 0 Å². The summed E-state index contributed by atoms with van der Waals surface area (Å²) in [5, 5.41) is 15.5. The molecule has 4 nitrogen and oxygen atoms in total. The number of thiophene rings is 1. The van der Waals surface area contributed by atoms with Crippen LogP contribution in [0.3, 0.4) is 0 Å². The molecule has 0 bridgehead atoms. The highest BCUT2D eigenvalue weighted by atomic mass is 32.1. The van der Waals surface area contributed by atoms with Gasteiger partial charge in [0.2, 0.25) is 5.91 Å². The average Bonchev–Trinajstić information content (AvgIpc) is 2.78. The summed E-state index contributed by atoms with van der Waals surface area (Å²) in [5.74, 6) is -1.03. The van der Waals surface area contributed by atoms with Crippen molar-refractivity contribution in [1.82, 2.24) is 5.32 Å². The van der Waals surface area contributed by atoms with E-state index in [-0.39, 0.29) is 18.4 Å². The van der Waals surface area contributed by atoms with E-state index in [9.17, 15) is 9.59 Å². The third-order valence-corrected chi connectivity index (χ3v) is 3.16. The highest BCUT2D eigenvalue weighted by Gasteiger charge is 2.16. The second kappa shape index (κ2) is 7.66. The van der Waals surface area contributed by atoms with E-state index in [0.717, 1.165) is 5.56 Å². The van der Waals surface area contributed by atoms with Crippen molar-refractivity contribution < 1.29 is 14.7 Å². The van der Waals surface area contributed by atoms with Gasteiger partial charge >= 0.3 is 5.97 Å². The minimum Gasteiger partial charge on any atom is -0.481 e. The summed E-state index contributed by atoms with van der Waals surface area (Å²) in [6, 6.07) is 1.59. The van der Waals surface area contributed by atoms with E-state index in [1.807, 2.05) is 16.8 Å². The Morgan fingerprint density at radius 3 is 2.89 bits per heavy atom. The van der Waals surface area contributed by atoms with Gasteiger partial charge in [0.1, 0.15) is 0 Å². The molecule has 0 aliphatic heterocycles. The van der Waals surface area contributed by atoms with Crippen LogP contribution in [0.4, 0.5) is 0 Å². The Hall–Kier alpha value is -1.62. The molecular weight excluding hydrogens is 250 g/mol. The second-order valence-electron chi connectivity index (χ2n) is 4.03. The summed E-state index contributed by atoms with van der Waals surface area (Å²) in [7, 11) is 0. The van der Waals surface area contributed by atoms with Crippen molar-refractivity contribution >= 4 is 23.2 Å². The average molecular weight is 267 g/mol. The summed E-state index contributed by atoms with van der Waals surface area (Å²) in [6.07, 6.45) is 3.11. The molecule has 1 heterocycles. The van der Waals surface area contributed by atoms with Gasteiger partial charge in [-0.15, -0.1) is 6.58 Å². The van der Waals surface area contributed by atoms with Crippen molar-refractivity contribution in [1.29, 1.82) is 0 Å². The number of allylic oxidation sites excluding steroid dienone is 1. The van der Waals surface area contributed by atoms with Crippen LogP contribution in [-0.2, 0) is 16.0 Å². The largest absolute Gasteiger partial charge is 0.481 e. The third-order valence-electron chi connectivity index (χ3n) is 2.42. The number of carboxylic acids is 1. The van der Waals surface area contributed by atoms with Crippen molar-refractivity contribution in [3.8, 4) is 0 Å². The van der Waals surface area contributed by atoms with Crippen molar-refractivity contribution in [3.05, 3.63) is 35.0 Å². The summed E-state index contributed by atoms with van der Waals surface area (Å²) in [6.45, 7) is 3.55. The number of aliphatic carboxylic acids is 1. The lowest BCUT2D eigenvalue weighted by Gasteiger charge is -2.16. The van der Waals surface area contributed by atoms with Crippen LogP contribution >= 0.6 is 11.3 Å². The van der Waals surface area contributed by atoms with E-state index in [1.54, 1.807) is 17.4 Å². The van der Waals surface area contributed by atoms with Gasteiger partial charge in [-0.1, -0.05) is 6.08 Å². The van der Waals surface area contributed by atoms with Gasteiger partial charge in [-0.2, -0.15) is 11.3 Å². The Kier molecular flexibility index (Phi) is 6.14. The molecule has 0 aliphatic rings. The summed E-state index contributed by atoms with van der Waals surface area (Å²) in [5.41, 5.74) is 1.05. The zero-order valence-electron chi connectivity index (χ0n) is 10.1. The first-order valence-corrected chi connectivity index (χ1v) is 6.69. The molecule has 0 fully saturated rings. The minimum atomic E-state index is -0.903. The molecule has 2 N–H and O–H groups in total. The molecule has 0 radical (unpaired) electrons. The first-order chi connectivity index (χ1) is 8.61. The van der Waals surface area contributed by atoms with Gasteiger partial charge in [0.05, 0.1) is 6.42 Å². The van der Waals surface area contributed by atoms with Gasteiger partial charge in [-0.05, 0) is 35.2 Å². The predicted octanol–water partition coefficient (Wildman–Crippen LogP) is 2.22. The van der Waals surface area contributed by atoms with Crippen LogP contribution in [0.2, 0.25) is 0 Å². The molecule has 0 unspecified atom stereocenters. The number of carboxylic acid groups (broad SMARTS) is 1. The molecule has 1 amide bonds. The highest BCUT2D eigenvalue weighted by molar-refractivity contribution is 7.07. The first kappa shape index (κ1) is 14.4. The molecule has 0 aromatic carbocycles. The molecule has 1 aromatic heterocycles. The third kappa shape index (κ3) is 5.63. The number of carbonyl (C=O) groups is 2. The molecule has 1 atom stereocenters. The Balaban J connectivity index is 2.52. The zero-order chi connectivity index (χ0) is 13.4. The molecule has 5 heteroatoms. The van der Waals surface area contributed by atoms with E-state index >= 15 is 0 Å². The molecule has 1 rings (SSSR count). The van der Waals surface area contributed by atoms with Crippen molar-refractivity contribution in [2.24, 2.45) is 0 Å². The van der Waals surface area contributed by atoms with Crippen molar-refractivity contribution in [2.75, 3.05) is 0 Å². The fourth-order valence-electron chi connectivity index (χ4n) is 1.61. The molecule has 1 aromatic rings. The lowest BCUT2D eigenvalue weighted by Crippen LogP contribution is -2.37. The molecule has 0 saturated carbocycles. The number of nitrogens with one attached hydrogen (secondary N) is 1. The Labute approximate surface area is 110 Å². The molecule has 18 heavy (non-hydrogen) atoms. The maximum Gasteiger partial charge on any atom is 0.305 e. The van der Waals surface area contributed by atoms with Gasteiger partial charge in [0, 0.05) is 12.5 Å². The Bertz CT molecular complexity index is 400. The van der Waals surface area contributed by atoms with Crippen LogP contribution in [0.5, 0.6) is 0 Å². The molecule has 0 saturated heterocycles. The Morgan fingerprint density at radius 2 is 2.33 bits per heavy atom. The van der Waals surface area contributed by atoms with Crippen molar-refractivity contribution in [2.45, 2.75) is 31.7 Å². The van der Waals surface area contributed by atoms with Crippen LogP contribution < -0.4 is 5.32 Å². The molecule has 0 spiro atoms. The van der Waals surface area contributed by atoms with Crippen LogP contribution in [0, 0.1) is 0 Å². The van der Waals surface area contributed by atoms with E-state index in [1.165, 1.54) is 0 Å². The highest BCUT2D eigenvalue weighted by Crippen LogP contribution is 2.10. The standard InChI is InChI=1S/C13H17NO3S/c1-2-3-4-12(15)14-11(8-13(16)17)7-10-5-6-18-9-10/h2,5-6,9,11H,1,3-4,7-8H2,(H,14,15)(H,16,17)/t11-/m0/s1. The SMILES string of the molecule is C=CCCC(=O)N[C@H](CC(=O)O)Cc1ccsc1. The fraction of sp³-hybridized carbons (Fsp3) is 0.385. The normalized spacial score (nSPS) is 11.8. The maximum absolute atomic E-state index is 11.6. The monoisotopic (exact) mass is 267 g/mol. The van der Waals surface area contributed by atoms with Gasteiger partial charge in [0.25, 0.3) is 0 Å². The van der Waals surface area contributed by atoms with Crippen LogP contribution in [0.15, 0.2) is 29.5 Å². The predicted molar refractivity (Wildman–Crippen MR) is 71.6 cm³/mol. The topological polar surface area (TPSA) is 66.4 Å². The number of carbonyl (C=O) groups excluding carboxylic acids is 1. The van der Waals surface area contributed by atoms with Crippen LogP contribution in [-0.4, -0.2) is 23.0 Å². The smallest absolute Gasteiger partial charge is 0.305 e.